The van der Waals surface area contributed by atoms with Crippen molar-refractivity contribution in [2.75, 3.05) is 0 Å². The molecule has 0 saturated heterocycles. The summed E-state index contributed by atoms with van der Waals surface area (Å²) in [5.74, 6) is -1.97. The van der Waals surface area contributed by atoms with Gasteiger partial charge in [0.2, 0.25) is 15.0 Å². The highest BCUT2D eigenvalue weighted by Crippen LogP contribution is 2.22. The van der Waals surface area contributed by atoms with Crippen LogP contribution in [0.5, 0.6) is 5.75 Å². The van der Waals surface area contributed by atoms with Gasteiger partial charge in [0.25, 0.3) is 0 Å². The number of rotatable bonds is 6. The maximum Gasteiger partial charge on any atom is 0.364 e. The summed E-state index contributed by atoms with van der Waals surface area (Å²) in [7, 11) is -4.04. The number of carbonyl (C=O) groups excluding carboxylic acids is 2. The molecule has 0 spiro atoms. The molecule has 0 amide bonds. The van der Waals surface area contributed by atoms with Crippen LogP contribution in [0.1, 0.15) is 38.9 Å². The molecule has 0 aliphatic carbocycles. The van der Waals surface area contributed by atoms with Crippen molar-refractivity contribution in [1.82, 2.24) is 9.97 Å². The zero-order valence-corrected chi connectivity index (χ0v) is 18.0. The van der Waals surface area contributed by atoms with Gasteiger partial charge < -0.3 is 4.74 Å². The Hall–Kier alpha value is -3.17. The van der Waals surface area contributed by atoms with Gasteiger partial charge in [0.05, 0.1) is 17.0 Å². The number of nitrogens with zero attached hydrogens (tertiary/aromatic N) is 2. The highest BCUT2D eigenvalue weighted by Gasteiger charge is 2.24. The molecule has 160 valence electrons. The summed E-state index contributed by atoms with van der Waals surface area (Å²) in [6.45, 7) is 3.11. The van der Waals surface area contributed by atoms with Crippen molar-refractivity contribution in [3.8, 4) is 5.75 Å². The Labute approximate surface area is 182 Å². The average molecular weight is 463 g/mol. The van der Waals surface area contributed by atoms with Crippen molar-refractivity contribution in [2.24, 2.45) is 0 Å². The number of aromatic nitrogens is 2. The molecule has 3 aromatic rings. The summed E-state index contributed by atoms with van der Waals surface area (Å²) in [6, 6.07) is 9.36. The van der Waals surface area contributed by atoms with E-state index in [0.29, 0.717) is 16.7 Å². The molecule has 0 aliphatic heterocycles. The fourth-order valence-electron chi connectivity index (χ4n) is 2.76. The number of halogens is 2. The van der Waals surface area contributed by atoms with Crippen molar-refractivity contribution in [3.63, 3.8) is 0 Å². The number of benzene rings is 2. The highest BCUT2D eigenvalue weighted by atomic mass is 35.5. The van der Waals surface area contributed by atoms with Gasteiger partial charge in [0, 0.05) is 5.56 Å². The number of hydrogen-bond donors (Lipinski definition) is 0. The first-order valence-electron chi connectivity index (χ1n) is 8.90. The third-order valence-corrected chi connectivity index (χ3v) is 5.99. The maximum absolute atomic E-state index is 13.0. The summed E-state index contributed by atoms with van der Waals surface area (Å²) in [5, 5.41) is -0.806. The lowest BCUT2D eigenvalue weighted by molar-refractivity contribution is 0.0727. The van der Waals surface area contributed by atoms with Gasteiger partial charge in [0.1, 0.15) is 11.6 Å². The molecule has 10 heteroatoms. The lowest BCUT2D eigenvalue weighted by Gasteiger charge is -2.09. The number of ketones is 1. The van der Waals surface area contributed by atoms with Gasteiger partial charge in [0.15, 0.2) is 11.5 Å². The highest BCUT2D eigenvalue weighted by molar-refractivity contribution is 7.90. The predicted octanol–water partition coefficient (Wildman–Crippen LogP) is 3.97. The predicted molar refractivity (Wildman–Crippen MR) is 110 cm³/mol. The van der Waals surface area contributed by atoms with Crippen LogP contribution in [0.2, 0.25) is 5.02 Å². The number of carbonyl (C=O) groups is 2. The van der Waals surface area contributed by atoms with Crippen LogP contribution in [-0.4, -0.2) is 30.1 Å². The lowest BCUT2D eigenvalue weighted by atomic mass is 10.1. The third-order valence-electron chi connectivity index (χ3n) is 4.25. The number of ether oxygens (including phenoxy) is 1. The first-order valence-corrected chi connectivity index (χ1v) is 10.9. The Morgan fingerprint density at radius 3 is 2.42 bits per heavy atom. The van der Waals surface area contributed by atoms with E-state index >= 15 is 0 Å². The van der Waals surface area contributed by atoms with Crippen LogP contribution < -0.4 is 4.74 Å². The Bertz CT molecular complexity index is 1280. The van der Waals surface area contributed by atoms with Gasteiger partial charge in [-0.2, -0.15) is 0 Å². The van der Waals surface area contributed by atoms with E-state index in [1.165, 1.54) is 37.3 Å². The van der Waals surface area contributed by atoms with Gasteiger partial charge in [-0.3, -0.25) is 4.79 Å². The Kier molecular flexibility index (Phi) is 6.47. The molecule has 0 radical (unpaired) electrons. The van der Waals surface area contributed by atoms with Crippen LogP contribution in [0.25, 0.3) is 0 Å². The van der Waals surface area contributed by atoms with Crippen molar-refractivity contribution in [2.45, 2.75) is 24.8 Å². The van der Waals surface area contributed by atoms with Crippen LogP contribution in [0.4, 0.5) is 4.39 Å². The van der Waals surface area contributed by atoms with E-state index in [0.717, 1.165) is 18.3 Å². The van der Waals surface area contributed by atoms with Crippen LogP contribution >= 0.6 is 11.6 Å². The molecular formula is C21H16ClFN2O5S. The van der Waals surface area contributed by atoms with E-state index in [9.17, 15) is 22.4 Å². The monoisotopic (exact) mass is 462 g/mol. The molecule has 0 N–H and O–H groups in total. The van der Waals surface area contributed by atoms with Gasteiger partial charge in [-0.05, 0) is 55.3 Å². The van der Waals surface area contributed by atoms with Crippen molar-refractivity contribution in [3.05, 3.63) is 81.9 Å². The van der Waals surface area contributed by atoms with Gasteiger partial charge in [-0.15, -0.1) is 0 Å². The summed E-state index contributed by atoms with van der Waals surface area (Å²) >= 11 is 5.98. The topological polar surface area (TPSA) is 103 Å². The Morgan fingerprint density at radius 2 is 1.81 bits per heavy atom. The second kappa shape index (κ2) is 8.91. The van der Waals surface area contributed by atoms with Gasteiger partial charge in [-0.25, -0.2) is 27.6 Å². The molecule has 7 nitrogen and oxygen atoms in total. The summed E-state index contributed by atoms with van der Waals surface area (Å²) in [4.78, 5) is 31.6. The molecule has 0 saturated carbocycles. The SMILES string of the molecule is CC(=O)c1ccc(OC(=O)c2nc(S(=O)(=O)Cc3ccc(F)cc3)ncc2Cl)cc1C. The number of esters is 1. The lowest BCUT2D eigenvalue weighted by Crippen LogP contribution is -2.16. The van der Waals surface area contributed by atoms with Crippen LogP contribution in [0, 0.1) is 12.7 Å². The van der Waals surface area contributed by atoms with Crippen molar-refractivity contribution in [1.29, 1.82) is 0 Å². The zero-order valence-electron chi connectivity index (χ0n) is 16.4. The minimum Gasteiger partial charge on any atom is -0.422 e. The number of Topliss-reactive ketones (excluding diaryl/α,β-unsaturated/α-hetero) is 1. The molecule has 1 heterocycles. The van der Waals surface area contributed by atoms with E-state index in [4.69, 9.17) is 16.3 Å². The fraction of sp³-hybridized carbons (Fsp3) is 0.143. The number of aryl methyl sites for hydroxylation is 1. The van der Waals surface area contributed by atoms with Crippen LogP contribution in [0.3, 0.4) is 0 Å². The standard InChI is InChI=1S/C21H16ClFN2O5S/c1-12-9-16(7-8-17(12)13(2)26)30-20(27)19-18(22)10-24-21(25-19)31(28,29)11-14-3-5-15(23)6-4-14/h3-10H,11H2,1-2H3. The average Bonchev–Trinajstić information content (AvgIpc) is 2.69. The molecule has 0 aliphatic rings. The first-order chi connectivity index (χ1) is 14.6. The van der Waals surface area contributed by atoms with E-state index in [1.807, 2.05) is 0 Å². The molecule has 0 bridgehead atoms. The smallest absolute Gasteiger partial charge is 0.364 e. The van der Waals surface area contributed by atoms with E-state index in [-0.39, 0.29) is 16.6 Å². The second-order valence-corrected chi connectivity index (χ2v) is 8.95. The molecule has 0 fully saturated rings. The Balaban J connectivity index is 1.86. The van der Waals surface area contributed by atoms with Crippen molar-refractivity contribution < 1.29 is 27.1 Å². The maximum atomic E-state index is 13.0. The van der Waals surface area contributed by atoms with Gasteiger partial charge >= 0.3 is 5.97 Å². The minimum absolute atomic E-state index is 0.134. The number of hydrogen-bond acceptors (Lipinski definition) is 7. The summed E-state index contributed by atoms with van der Waals surface area (Å²) in [6.07, 6.45) is 0.993. The van der Waals surface area contributed by atoms with E-state index < -0.39 is 38.2 Å². The van der Waals surface area contributed by atoms with E-state index in [1.54, 1.807) is 6.92 Å². The summed E-state index contributed by atoms with van der Waals surface area (Å²) < 4.78 is 43.5. The van der Waals surface area contributed by atoms with Crippen LogP contribution in [-0.2, 0) is 15.6 Å². The summed E-state index contributed by atoms with van der Waals surface area (Å²) in [5.41, 5.74) is 0.982. The fourth-order valence-corrected chi connectivity index (χ4v) is 4.13. The molecule has 2 aromatic carbocycles. The quantitative estimate of drug-likeness (QED) is 0.236. The zero-order chi connectivity index (χ0) is 22.8. The molecule has 0 unspecified atom stereocenters. The van der Waals surface area contributed by atoms with Crippen LogP contribution in [0.15, 0.2) is 53.8 Å². The third kappa shape index (κ3) is 5.31. The molecule has 3 rings (SSSR count). The first kappa shape index (κ1) is 22.5. The minimum atomic E-state index is -4.04. The Morgan fingerprint density at radius 1 is 1.13 bits per heavy atom. The number of sulfone groups is 1. The van der Waals surface area contributed by atoms with E-state index in [2.05, 4.69) is 9.97 Å². The van der Waals surface area contributed by atoms with Crippen molar-refractivity contribution >= 4 is 33.2 Å². The molecule has 0 atom stereocenters. The largest absolute Gasteiger partial charge is 0.422 e. The molecular weight excluding hydrogens is 447 g/mol. The van der Waals surface area contributed by atoms with Gasteiger partial charge in [-0.1, -0.05) is 23.7 Å². The molecule has 1 aromatic heterocycles. The normalized spacial score (nSPS) is 11.2. The second-order valence-electron chi connectivity index (χ2n) is 6.66. The molecule has 31 heavy (non-hydrogen) atoms.